The molecule has 1 aromatic heterocycles. The molecule has 1 aromatic carbocycles. The van der Waals surface area contributed by atoms with Crippen molar-refractivity contribution >= 4 is 32.8 Å². The zero-order chi connectivity index (χ0) is 12.5. The van der Waals surface area contributed by atoms with Crippen LogP contribution in [0.4, 0.5) is 5.82 Å². The van der Waals surface area contributed by atoms with E-state index < -0.39 is 0 Å². The molecule has 2 heterocycles. The molecule has 1 aliphatic rings. The topological polar surface area (TPSA) is 41.0 Å². The summed E-state index contributed by atoms with van der Waals surface area (Å²) in [5, 5.41) is 3.45. The number of hydrogen-bond donors (Lipinski definition) is 1. The fourth-order valence-corrected chi connectivity index (χ4v) is 2.67. The Morgan fingerprint density at radius 3 is 3.06 bits per heavy atom. The Labute approximate surface area is 115 Å². The van der Waals surface area contributed by atoms with Crippen LogP contribution in [0.5, 0.6) is 0 Å². The zero-order valence-electron chi connectivity index (χ0n) is 10.2. The van der Waals surface area contributed by atoms with Crippen LogP contribution in [0.3, 0.4) is 0 Å². The minimum absolute atomic E-state index is 0.480. The van der Waals surface area contributed by atoms with Gasteiger partial charge >= 0.3 is 0 Å². The Hall–Kier alpha value is -1.20. The van der Waals surface area contributed by atoms with Gasteiger partial charge in [-0.25, -0.2) is 4.98 Å². The third-order valence-electron chi connectivity index (χ3n) is 3.25. The molecule has 0 amide bonds. The van der Waals surface area contributed by atoms with Crippen molar-refractivity contribution in [1.29, 1.82) is 0 Å². The van der Waals surface area contributed by atoms with Gasteiger partial charge in [0.05, 0.1) is 17.2 Å². The highest BCUT2D eigenvalue weighted by atomic mass is 79.9. The van der Waals surface area contributed by atoms with E-state index >= 15 is 0 Å². The molecule has 1 fully saturated rings. The highest BCUT2D eigenvalue weighted by Gasteiger charge is 2.19. The molecule has 94 valence electrons. The Morgan fingerprint density at radius 1 is 1.39 bits per heavy atom. The number of nitrogens with zero attached hydrogens (tertiary/aromatic N) is 3. The number of hydrogen-bond acceptors (Lipinski definition) is 4. The van der Waals surface area contributed by atoms with Crippen LogP contribution in [-0.4, -0.2) is 41.0 Å². The molecule has 3 rings (SSSR count). The van der Waals surface area contributed by atoms with Gasteiger partial charge in [0.1, 0.15) is 5.82 Å². The van der Waals surface area contributed by atoms with E-state index in [0.717, 1.165) is 40.8 Å². The van der Waals surface area contributed by atoms with Crippen molar-refractivity contribution in [2.75, 3.05) is 25.5 Å². The minimum atomic E-state index is 0.480. The third kappa shape index (κ3) is 2.47. The molecule has 0 saturated carbocycles. The largest absolute Gasteiger partial charge is 0.365 e. The second-order valence-corrected chi connectivity index (χ2v) is 5.70. The fraction of sp³-hybridized carbons (Fsp3) is 0.385. The van der Waals surface area contributed by atoms with E-state index in [1.165, 1.54) is 0 Å². The summed E-state index contributed by atoms with van der Waals surface area (Å²) in [6.45, 7) is 2.21. The second-order valence-electron chi connectivity index (χ2n) is 4.78. The van der Waals surface area contributed by atoms with Gasteiger partial charge in [0.25, 0.3) is 0 Å². The molecule has 0 spiro atoms. The predicted molar refractivity (Wildman–Crippen MR) is 76.8 cm³/mol. The smallest absolute Gasteiger partial charge is 0.145 e. The van der Waals surface area contributed by atoms with E-state index in [1.54, 1.807) is 0 Å². The highest BCUT2D eigenvalue weighted by Crippen LogP contribution is 2.19. The summed E-state index contributed by atoms with van der Waals surface area (Å²) in [5.41, 5.74) is 1.84. The maximum absolute atomic E-state index is 4.60. The van der Waals surface area contributed by atoms with Crippen molar-refractivity contribution in [3.63, 3.8) is 0 Å². The molecule has 2 aromatic rings. The van der Waals surface area contributed by atoms with Crippen molar-refractivity contribution < 1.29 is 0 Å². The van der Waals surface area contributed by atoms with Crippen LogP contribution in [0, 0.1) is 0 Å². The van der Waals surface area contributed by atoms with Gasteiger partial charge in [-0.1, -0.05) is 15.9 Å². The average Bonchev–Trinajstić information content (AvgIpc) is 2.74. The molecule has 18 heavy (non-hydrogen) atoms. The lowest BCUT2D eigenvalue weighted by Crippen LogP contribution is -2.24. The molecule has 1 N–H and O–H groups in total. The third-order valence-corrected chi connectivity index (χ3v) is 3.74. The molecule has 1 aliphatic heterocycles. The van der Waals surface area contributed by atoms with E-state index in [2.05, 4.69) is 43.2 Å². The van der Waals surface area contributed by atoms with E-state index in [9.17, 15) is 0 Å². The number of aromatic nitrogens is 2. The quantitative estimate of drug-likeness (QED) is 0.925. The van der Waals surface area contributed by atoms with Crippen LogP contribution in [0.25, 0.3) is 11.0 Å². The number of benzene rings is 1. The summed E-state index contributed by atoms with van der Waals surface area (Å²) >= 11 is 3.46. The number of likely N-dealkylation sites (tertiary alicyclic amines) is 1. The number of rotatable bonds is 2. The van der Waals surface area contributed by atoms with E-state index in [1.807, 2.05) is 24.4 Å². The number of halogens is 1. The average molecular weight is 307 g/mol. The second kappa shape index (κ2) is 4.82. The summed E-state index contributed by atoms with van der Waals surface area (Å²) in [4.78, 5) is 11.3. The molecule has 0 bridgehead atoms. The van der Waals surface area contributed by atoms with Gasteiger partial charge in [0.2, 0.25) is 0 Å². The van der Waals surface area contributed by atoms with E-state index in [4.69, 9.17) is 0 Å². The Balaban J connectivity index is 1.84. The molecule has 1 saturated heterocycles. The summed E-state index contributed by atoms with van der Waals surface area (Å²) in [6.07, 6.45) is 2.98. The Bertz CT molecular complexity index is 572. The minimum Gasteiger partial charge on any atom is -0.365 e. The van der Waals surface area contributed by atoms with Crippen LogP contribution >= 0.6 is 15.9 Å². The number of nitrogens with one attached hydrogen (secondary N) is 1. The van der Waals surface area contributed by atoms with Gasteiger partial charge in [-0.2, -0.15) is 0 Å². The number of fused-ring (bicyclic) bond motifs is 1. The first-order valence-electron chi connectivity index (χ1n) is 6.08. The van der Waals surface area contributed by atoms with Gasteiger partial charge in [-0.15, -0.1) is 0 Å². The standard InChI is InChI=1S/C13H15BrN4/c1-18-5-4-10(8-18)16-13-7-15-11-3-2-9(14)6-12(11)17-13/h2-3,6-7,10H,4-5,8H2,1H3,(H,16,17). The normalized spacial score (nSPS) is 20.4. The SMILES string of the molecule is CN1CCC(Nc2cnc3ccc(Br)cc3n2)C1. The van der Waals surface area contributed by atoms with Crippen molar-refractivity contribution in [2.24, 2.45) is 0 Å². The van der Waals surface area contributed by atoms with Crippen LogP contribution in [0.2, 0.25) is 0 Å². The molecular weight excluding hydrogens is 292 g/mol. The first-order chi connectivity index (χ1) is 8.70. The van der Waals surface area contributed by atoms with Gasteiger partial charge in [-0.05, 0) is 38.2 Å². The van der Waals surface area contributed by atoms with E-state index in [0.29, 0.717) is 6.04 Å². The molecule has 0 aliphatic carbocycles. The van der Waals surface area contributed by atoms with Gasteiger partial charge in [-0.3, -0.25) is 4.98 Å². The maximum Gasteiger partial charge on any atom is 0.145 e. The fourth-order valence-electron chi connectivity index (χ4n) is 2.32. The molecule has 5 heteroatoms. The lowest BCUT2D eigenvalue weighted by atomic mass is 10.2. The van der Waals surface area contributed by atoms with Gasteiger partial charge in [0, 0.05) is 17.1 Å². The van der Waals surface area contributed by atoms with Gasteiger partial charge in [0.15, 0.2) is 0 Å². The molecule has 0 radical (unpaired) electrons. The van der Waals surface area contributed by atoms with Crippen molar-refractivity contribution in [3.8, 4) is 0 Å². The zero-order valence-corrected chi connectivity index (χ0v) is 11.8. The molecule has 1 unspecified atom stereocenters. The maximum atomic E-state index is 4.60. The van der Waals surface area contributed by atoms with Gasteiger partial charge < -0.3 is 10.2 Å². The van der Waals surface area contributed by atoms with Crippen LogP contribution in [-0.2, 0) is 0 Å². The van der Waals surface area contributed by atoms with Crippen LogP contribution in [0.15, 0.2) is 28.9 Å². The summed E-state index contributed by atoms with van der Waals surface area (Å²) < 4.78 is 1.03. The Morgan fingerprint density at radius 2 is 2.28 bits per heavy atom. The summed E-state index contributed by atoms with van der Waals surface area (Å²) in [5.74, 6) is 0.862. The summed E-state index contributed by atoms with van der Waals surface area (Å²) in [6, 6.07) is 6.43. The monoisotopic (exact) mass is 306 g/mol. The number of likely N-dealkylation sites (N-methyl/N-ethyl adjacent to an activating group) is 1. The lowest BCUT2D eigenvalue weighted by molar-refractivity contribution is 0.414. The predicted octanol–water partition coefficient (Wildman–Crippen LogP) is 2.51. The van der Waals surface area contributed by atoms with Crippen molar-refractivity contribution in [3.05, 3.63) is 28.9 Å². The summed E-state index contributed by atoms with van der Waals surface area (Å²) in [7, 11) is 2.14. The first-order valence-corrected chi connectivity index (χ1v) is 6.87. The molecule has 4 nitrogen and oxygen atoms in total. The Kier molecular flexibility index (Phi) is 3.18. The first kappa shape index (κ1) is 11.9. The van der Waals surface area contributed by atoms with Crippen LogP contribution in [0.1, 0.15) is 6.42 Å². The highest BCUT2D eigenvalue weighted by molar-refractivity contribution is 9.10. The molecule has 1 atom stereocenters. The van der Waals surface area contributed by atoms with Crippen molar-refractivity contribution in [1.82, 2.24) is 14.9 Å². The van der Waals surface area contributed by atoms with Crippen molar-refractivity contribution in [2.45, 2.75) is 12.5 Å². The van der Waals surface area contributed by atoms with Crippen LogP contribution < -0.4 is 5.32 Å². The van der Waals surface area contributed by atoms with E-state index in [-0.39, 0.29) is 0 Å². The number of anilines is 1. The molecular formula is C13H15BrN4. The lowest BCUT2D eigenvalue weighted by Gasteiger charge is -2.13.